The number of hydrogen-bond donors (Lipinski definition) is 0. The molecule has 0 spiro atoms. The summed E-state index contributed by atoms with van der Waals surface area (Å²) in [5.41, 5.74) is 0. The van der Waals surface area contributed by atoms with Gasteiger partial charge in [-0.1, -0.05) is 19.5 Å². The first kappa shape index (κ1) is 9.18. The molecule has 0 atom stereocenters. The third kappa shape index (κ3) is 6.06. The lowest BCUT2D eigenvalue weighted by atomic mass is 10.4. The van der Waals surface area contributed by atoms with E-state index in [0.717, 1.165) is 0 Å². The fourth-order valence-electron chi connectivity index (χ4n) is 0.790. The molecule has 0 aliphatic carbocycles. The molecule has 0 N–H and O–H groups in total. The maximum atomic E-state index is 2.38. The molecule has 0 radical (unpaired) electrons. The average Bonchev–Trinajstić information content (AvgIpc) is 1.89. The average molecular weight is 145 g/mol. The number of nitrogens with zero attached hydrogens (tertiary/aromatic N) is 1. The molecule has 0 aromatic rings. The van der Waals surface area contributed by atoms with Gasteiger partial charge in [0.05, 0.1) is 0 Å². The molecule has 1 nitrogen and oxygen atoms in total. The molecule has 0 heterocycles. The van der Waals surface area contributed by atoms with Crippen molar-refractivity contribution in [3.63, 3.8) is 0 Å². The number of rotatable bonds is 5. The standard InChI is InChI=1S/C7H19NSi/c1-4-8(2)6-5-7-9-3/h4-7,9H2,1-3H3. The molecule has 0 unspecified atom stereocenters. The largest absolute Gasteiger partial charge is 0.307 e. The van der Waals surface area contributed by atoms with E-state index in [0.29, 0.717) is 9.52 Å². The van der Waals surface area contributed by atoms with E-state index in [4.69, 9.17) is 0 Å². The van der Waals surface area contributed by atoms with Gasteiger partial charge >= 0.3 is 0 Å². The molecule has 2 heteroatoms. The second kappa shape index (κ2) is 6.30. The summed E-state index contributed by atoms with van der Waals surface area (Å²) in [6.07, 6.45) is 1.42. The Kier molecular flexibility index (Phi) is 6.42. The maximum absolute atomic E-state index is 2.38. The summed E-state index contributed by atoms with van der Waals surface area (Å²) in [5, 5.41) is 0. The molecule has 0 aromatic carbocycles. The van der Waals surface area contributed by atoms with E-state index in [9.17, 15) is 0 Å². The van der Waals surface area contributed by atoms with Crippen LogP contribution in [0.15, 0.2) is 0 Å². The summed E-state index contributed by atoms with van der Waals surface area (Å²) in [7, 11) is 2.53. The van der Waals surface area contributed by atoms with Gasteiger partial charge in [-0.15, -0.1) is 0 Å². The van der Waals surface area contributed by atoms with Crippen LogP contribution in [0.3, 0.4) is 0 Å². The topological polar surface area (TPSA) is 3.24 Å². The quantitative estimate of drug-likeness (QED) is 0.411. The lowest BCUT2D eigenvalue weighted by Crippen LogP contribution is -2.18. The first-order valence-electron chi connectivity index (χ1n) is 3.99. The van der Waals surface area contributed by atoms with Crippen molar-refractivity contribution >= 4 is 9.52 Å². The molecular weight excluding hydrogens is 126 g/mol. The predicted molar refractivity (Wildman–Crippen MR) is 47.0 cm³/mol. The van der Waals surface area contributed by atoms with Gasteiger partial charge < -0.3 is 4.90 Å². The van der Waals surface area contributed by atoms with Gasteiger partial charge in [0.2, 0.25) is 0 Å². The Labute approximate surface area is 61.3 Å². The van der Waals surface area contributed by atoms with E-state index in [-0.39, 0.29) is 0 Å². The van der Waals surface area contributed by atoms with Gasteiger partial charge in [0.25, 0.3) is 0 Å². The van der Waals surface area contributed by atoms with Crippen LogP contribution in [0.2, 0.25) is 12.6 Å². The van der Waals surface area contributed by atoms with E-state index in [1.807, 2.05) is 0 Å². The highest BCUT2D eigenvalue weighted by molar-refractivity contribution is 6.33. The Hall–Kier alpha value is 0.177. The Morgan fingerprint density at radius 3 is 2.56 bits per heavy atom. The zero-order valence-electron chi connectivity index (χ0n) is 6.98. The summed E-state index contributed by atoms with van der Waals surface area (Å²) >= 11 is 0. The van der Waals surface area contributed by atoms with Crippen molar-refractivity contribution in [2.24, 2.45) is 0 Å². The third-order valence-electron chi connectivity index (χ3n) is 1.68. The van der Waals surface area contributed by atoms with Gasteiger partial charge in [-0.05, 0) is 26.6 Å². The van der Waals surface area contributed by atoms with Gasteiger partial charge in [-0.2, -0.15) is 0 Å². The van der Waals surface area contributed by atoms with E-state index in [2.05, 4.69) is 25.4 Å². The zero-order valence-corrected chi connectivity index (χ0v) is 8.40. The van der Waals surface area contributed by atoms with Crippen LogP contribution in [0, 0.1) is 0 Å². The fourth-order valence-corrected chi connectivity index (χ4v) is 1.51. The summed E-state index contributed by atoms with van der Waals surface area (Å²) < 4.78 is 0. The highest BCUT2D eigenvalue weighted by Gasteiger charge is 1.91. The predicted octanol–water partition coefficient (Wildman–Crippen LogP) is 0.963. The lowest BCUT2D eigenvalue weighted by Gasteiger charge is -2.12. The molecule has 9 heavy (non-hydrogen) atoms. The van der Waals surface area contributed by atoms with Crippen LogP contribution in [0.25, 0.3) is 0 Å². The summed E-state index contributed by atoms with van der Waals surface area (Å²) in [5.74, 6) is 0. The fraction of sp³-hybridized carbons (Fsp3) is 1.00. The summed E-state index contributed by atoms with van der Waals surface area (Å²) in [6, 6.07) is 1.52. The SMILES string of the molecule is CCN(C)CCC[SiH2]C. The van der Waals surface area contributed by atoms with Crippen LogP contribution in [0.5, 0.6) is 0 Å². The van der Waals surface area contributed by atoms with Crippen LogP contribution in [-0.4, -0.2) is 34.6 Å². The van der Waals surface area contributed by atoms with Crippen LogP contribution in [0.1, 0.15) is 13.3 Å². The van der Waals surface area contributed by atoms with Crippen LogP contribution >= 0.6 is 0 Å². The molecular formula is C7H19NSi. The minimum Gasteiger partial charge on any atom is -0.307 e. The van der Waals surface area contributed by atoms with Gasteiger partial charge in [-0.25, -0.2) is 0 Å². The Balaban J connectivity index is 2.88. The molecule has 0 saturated heterocycles. The normalized spacial score (nSPS) is 12.0. The third-order valence-corrected chi connectivity index (χ3v) is 2.89. The second-order valence-electron chi connectivity index (χ2n) is 2.60. The molecule has 0 saturated carbocycles. The molecule has 0 fully saturated rings. The molecule has 0 aromatic heterocycles. The van der Waals surface area contributed by atoms with Crippen LogP contribution < -0.4 is 0 Å². The summed E-state index contributed by atoms with van der Waals surface area (Å²) in [4.78, 5) is 2.38. The van der Waals surface area contributed by atoms with E-state index in [1.54, 1.807) is 0 Å². The first-order chi connectivity index (χ1) is 4.31. The van der Waals surface area contributed by atoms with Crippen molar-refractivity contribution in [2.45, 2.75) is 25.9 Å². The van der Waals surface area contributed by atoms with Gasteiger partial charge in [0.15, 0.2) is 0 Å². The van der Waals surface area contributed by atoms with E-state index >= 15 is 0 Å². The summed E-state index contributed by atoms with van der Waals surface area (Å²) in [6.45, 7) is 7.10. The van der Waals surface area contributed by atoms with Crippen molar-refractivity contribution < 1.29 is 0 Å². The van der Waals surface area contributed by atoms with Crippen molar-refractivity contribution in [3.05, 3.63) is 0 Å². The maximum Gasteiger partial charge on any atom is 0.0167 e. The minimum atomic E-state index is 0.337. The minimum absolute atomic E-state index is 0.337. The number of hydrogen-bond acceptors (Lipinski definition) is 1. The molecule has 0 bridgehead atoms. The highest BCUT2D eigenvalue weighted by Crippen LogP contribution is 1.91. The van der Waals surface area contributed by atoms with Gasteiger partial charge in [-0.3, -0.25) is 0 Å². The van der Waals surface area contributed by atoms with Crippen molar-refractivity contribution in [2.75, 3.05) is 20.1 Å². The monoisotopic (exact) mass is 145 g/mol. The Bertz CT molecular complexity index is 56.9. The van der Waals surface area contributed by atoms with E-state index < -0.39 is 0 Å². The molecule has 0 aliphatic heterocycles. The molecule has 0 rings (SSSR count). The van der Waals surface area contributed by atoms with Gasteiger partial charge in [0, 0.05) is 9.52 Å². The highest BCUT2D eigenvalue weighted by atomic mass is 28.2. The lowest BCUT2D eigenvalue weighted by molar-refractivity contribution is 0.353. The van der Waals surface area contributed by atoms with E-state index in [1.165, 1.54) is 25.6 Å². The second-order valence-corrected chi connectivity index (χ2v) is 4.31. The Morgan fingerprint density at radius 2 is 2.11 bits per heavy atom. The molecule has 0 amide bonds. The van der Waals surface area contributed by atoms with Crippen LogP contribution in [0.4, 0.5) is 0 Å². The van der Waals surface area contributed by atoms with Crippen molar-refractivity contribution in [3.8, 4) is 0 Å². The molecule has 56 valence electrons. The zero-order chi connectivity index (χ0) is 7.11. The first-order valence-corrected chi connectivity index (χ1v) is 6.41. The van der Waals surface area contributed by atoms with Crippen LogP contribution in [-0.2, 0) is 0 Å². The van der Waals surface area contributed by atoms with Crippen molar-refractivity contribution in [1.82, 2.24) is 4.90 Å². The van der Waals surface area contributed by atoms with Gasteiger partial charge in [0.1, 0.15) is 0 Å². The smallest absolute Gasteiger partial charge is 0.0167 e. The van der Waals surface area contributed by atoms with Crippen molar-refractivity contribution in [1.29, 1.82) is 0 Å². The molecule has 0 aliphatic rings. The Morgan fingerprint density at radius 1 is 1.44 bits per heavy atom.